The zero-order valence-corrected chi connectivity index (χ0v) is 11.7. The summed E-state index contributed by atoms with van der Waals surface area (Å²) in [5.41, 5.74) is 9.88. The zero-order chi connectivity index (χ0) is 14.8. The Kier molecular flexibility index (Phi) is 3.71. The quantitative estimate of drug-likeness (QED) is 0.693. The number of benzene rings is 2. The number of nitro groups is 1. The Hall–Kier alpha value is -2.20. The van der Waals surface area contributed by atoms with Crippen LogP contribution in [0.1, 0.15) is 29.2 Å². The first-order valence-corrected chi connectivity index (χ1v) is 7.22. The third-order valence-corrected chi connectivity index (χ3v) is 4.33. The fraction of sp³-hybridized carbons (Fsp3) is 0.294. The first kappa shape index (κ1) is 13.8. The van der Waals surface area contributed by atoms with Crippen LogP contribution in [0.15, 0.2) is 48.5 Å². The molecule has 0 fully saturated rings. The number of fused-ring (bicyclic) bond motifs is 1. The highest BCUT2D eigenvalue weighted by atomic mass is 16.6. The van der Waals surface area contributed by atoms with E-state index >= 15 is 0 Å². The number of aryl methyl sites for hydroxylation is 1. The summed E-state index contributed by atoms with van der Waals surface area (Å²) in [6, 6.07) is 15.2. The van der Waals surface area contributed by atoms with Gasteiger partial charge in [-0.1, -0.05) is 36.4 Å². The fourth-order valence-electron chi connectivity index (χ4n) is 3.15. The van der Waals surface area contributed by atoms with E-state index in [1.807, 2.05) is 24.3 Å². The summed E-state index contributed by atoms with van der Waals surface area (Å²) in [5.74, 6) is 0.335. The summed E-state index contributed by atoms with van der Waals surface area (Å²) in [6.07, 6.45) is 2.89. The number of nitrogens with two attached hydrogens (primary N) is 1. The van der Waals surface area contributed by atoms with Crippen molar-refractivity contribution in [3.63, 3.8) is 0 Å². The van der Waals surface area contributed by atoms with Crippen molar-refractivity contribution in [2.75, 3.05) is 0 Å². The maximum Gasteiger partial charge on any atom is 0.269 e. The molecule has 21 heavy (non-hydrogen) atoms. The van der Waals surface area contributed by atoms with Gasteiger partial charge in [0.2, 0.25) is 0 Å². The Bertz CT molecular complexity index is 655. The molecule has 4 nitrogen and oxygen atoms in total. The lowest BCUT2D eigenvalue weighted by Crippen LogP contribution is -2.28. The molecule has 2 N–H and O–H groups in total. The summed E-state index contributed by atoms with van der Waals surface area (Å²) >= 11 is 0. The molecule has 0 saturated heterocycles. The average molecular weight is 282 g/mol. The number of non-ortho nitro benzene ring substituents is 1. The predicted octanol–water partition coefficient (Wildman–Crippen LogP) is 3.40. The van der Waals surface area contributed by atoms with Gasteiger partial charge in [0.1, 0.15) is 0 Å². The van der Waals surface area contributed by atoms with Gasteiger partial charge < -0.3 is 5.73 Å². The molecule has 1 aliphatic rings. The van der Waals surface area contributed by atoms with Crippen LogP contribution in [0, 0.1) is 16.0 Å². The summed E-state index contributed by atoms with van der Waals surface area (Å²) < 4.78 is 0. The average Bonchev–Trinajstić information content (AvgIpc) is 2.51. The van der Waals surface area contributed by atoms with Crippen molar-refractivity contribution in [2.45, 2.75) is 25.3 Å². The van der Waals surface area contributed by atoms with Crippen molar-refractivity contribution in [1.29, 1.82) is 0 Å². The number of nitrogens with zero attached hydrogens (tertiary/aromatic N) is 1. The molecule has 0 spiro atoms. The van der Waals surface area contributed by atoms with Gasteiger partial charge in [0.15, 0.2) is 0 Å². The van der Waals surface area contributed by atoms with Crippen LogP contribution in [0.5, 0.6) is 0 Å². The van der Waals surface area contributed by atoms with Gasteiger partial charge in [-0.05, 0) is 41.9 Å². The van der Waals surface area contributed by atoms with Gasteiger partial charge in [0, 0.05) is 18.2 Å². The van der Waals surface area contributed by atoms with Crippen LogP contribution in [-0.4, -0.2) is 4.92 Å². The van der Waals surface area contributed by atoms with Gasteiger partial charge >= 0.3 is 0 Å². The molecule has 2 aromatic carbocycles. The topological polar surface area (TPSA) is 69.2 Å². The molecule has 0 aromatic heterocycles. The highest BCUT2D eigenvalue weighted by molar-refractivity contribution is 5.43. The molecule has 0 amide bonds. The summed E-state index contributed by atoms with van der Waals surface area (Å²) in [7, 11) is 0. The second-order valence-electron chi connectivity index (χ2n) is 5.65. The lowest BCUT2D eigenvalue weighted by atomic mass is 9.77. The van der Waals surface area contributed by atoms with E-state index in [0.717, 1.165) is 30.4 Å². The van der Waals surface area contributed by atoms with Crippen LogP contribution in [0.3, 0.4) is 0 Å². The van der Waals surface area contributed by atoms with Crippen LogP contribution in [0.2, 0.25) is 0 Å². The molecule has 0 aliphatic heterocycles. The number of hydrogen-bond donors (Lipinski definition) is 1. The van der Waals surface area contributed by atoms with E-state index in [-0.39, 0.29) is 16.7 Å². The normalized spacial score (nSPS) is 20.8. The van der Waals surface area contributed by atoms with Crippen LogP contribution < -0.4 is 5.73 Å². The second kappa shape index (κ2) is 5.66. The molecular formula is C17H18N2O2. The lowest BCUT2D eigenvalue weighted by molar-refractivity contribution is -0.385. The number of rotatable bonds is 3. The lowest BCUT2D eigenvalue weighted by Gasteiger charge is -2.31. The molecule has 0 heterocycles. The Labute approximate surface area is 123 Å². The predicted molar refractivity (Wildman–Crippen MR) is 82.0 cm³/mol. The second-order valence-corrected chi connectivity index (χ2v) is 5.65. The number of nitro benzene ring substituents is 1. The maximum atomic E-state index is 10.9. The monoisotopic (exact) mass is 282 g/mol. The van der Waals surface area contributed by atoms with Crippen molar-refractivity contribution >= 4 is 5.69 Å². The molecule has 0 radical (unpaired) electrons. The highest BCUT2D eigenvalue weighted by Gasteiger charge is 2.28. The minimum absolute atomic E-state index is 0.129. The zero-order valence-electron chi connectivity index (χ0n) is 11.7. The van der Waals surface area contributed by atoms with Crippen molar-refractivity contribution in [3.05, 3.63) is 75.3 Å². The Morgan fingerprint density at radius 1 is 1.19 bits per heavy atom. The van der Waals surface area contributed by atoms with Crippen molar-refractivity contribution in [1.82, 2.24) is 0 Å². The fourth-order valence-corrected chi connectivity index (χ4v) is 3.15. The molecule has 2 aromatic rings. The third-order valence-electron chi connectivity index (χ3n) is 4.33. The molecule has 4 heteroatoms. The molecule has 108 valence electrons. The molecule has 1 aliphatic carbocycles. The molecule has 3 rings (SSSR count). The number of hydrogen-bond acceptors (Lipinski definition) is 3. The standard InChI is InChI=1S/C17H18N2O2/c18-17-14(10-12-4-2-1-3-5-12)7-6-13-8-9-15(19(20)21)11-16(13)17/h1-5,8-9,11,14,17H,6-7,10,18H2. The summed E-state index contributed by atoms with van der Waals surface area (Å²) in [4.78, 5) is 10.6. The first-order valence-electron chi connectivity index (χ1n) is 7.22. The maximum absolute atomic E-state index is 10.9. The van der Waals surface area contributed by atoms with E-state index in [0.29, 0.717) is 5.92 Å². The SMILES string of the molecule is NC1c2cc([N+](=O)[O-])ccc2CCC1Cc1ccccc1. The minimum Gasteiger partial charge on any atom is -0.324 e. The van der Waals surface area contributed by atoms with Crippen LogP contribution in [0.4, 0.5) is 5.69 Å². The van der Waals surface area contributed by atoms with E-state index in [1.165, 1.54) is 5.56 Å². The minimum atomic E-state index is -0.353. The molecule has 0 saturated carbocycles. The molecule has 2 unspecified atom stereocenters. The van der Waals surface area contributed by atoms with E-state index < -0.39 is 0 Å². The highest BCUT2D eigenvalue weighted by Crippen LogP contribution is 2.36. The first-order chi connectivity index (χ1) is 10.1. The summed E-state index contributed by atoms with van der Waals surface area (Å²) in [6.45, 7) is 0. The van der Waals surface area contributed by atoms with Crippen molar-refractivity contribution < 1.29 is 4.92 Å². The molecule has 2 atom stereocenters. The van der Waals surface area contributed by atoms with Gasteiger partial charge in [-0.25, -0.2) is 0 Å². The van der Waals surface area contributed by atoms with Gasteiger partial charge in [-0.15, -0.1) is 0 Å². The Morgan fingerprint density at radius 3 is 2.67 bits per heavy atom. The molecule has 0 bridgehead atoms. The van der Waals surface area contributed by atoms with Gasteiger partial charge in [0.25, 0.3) is 5.69 Å². The Balaban J connectivity index is 1.85. The van der Waals surface area contributed by atoms with Gasteiger partial charge in [0.05, 0.1) is 4.92 Å². The largest absolute Gasteiger partial charge is 0.324 e. The van der Waals surface area contributed by atoms with Crippen molar-refractivity contribution in [3.8, 4) is 0 Å². The van der Waals surface area contributed by atoms with Crippen LogP contribution in [-0.2, 0) is 12.8 Å². The van der Waals surface area contributed by atoms with E-state index in [9.17, 15) is 10.1 Å². The van der Waals surface area contributed by atoms with E-state index in [2.05, 4.69) is 12.1 Å². The smallest absolute Gasteiger partial charge is 0.269 e. The third kappa shape index (κ3) is 2.81. The van der Waals surface area contributed by atoms with Gasteiger partial charge in [-0.3, -0.25) is 10.1 Å². The summed E-state index contributed by atoms with van der Waals surface area (Å²) in [5, 5.41) is 10.9. The van der Waals surface area contributed by atoms with Crippen LogP contribution >= 0.6 is 0 Å². The molecular weight excluding hydrogens is 264 g/mol. The van der Waals surface area contributed by atoms with E-state index in [4.69, 9.17) is 5.73 Å². The Morgan fingerprint density at radius 2 is 1.95 bits per heavy atom. The van der Waals surface area contributed by atoms with E-state index in [1.54, 1.807) is 12.1 Å². The van der Waals surface area contributed by atoms with Crippen molar-refractivity contribution in [2.24, 2.45) is 11.7 Å². The van der Waals surface area contributed by atoms with Crippen LogP contribution in [0.25, 0.3) is 0 Å². The van der Waals surface area contributed by atoms with Gasteiger partial charge in [-0.2, -0.15) is 0 Å².